The Morgan fingerprint density at radius 1 is 1.53 bits per heavy atom. The van der Waals surface area contributed by atoms with Gasteiger partial charge in [0.1, 0.15) is 5.92 Å². The zero-order valence-corrected chi connectivity index (χ0v) is 9.77. The van der Waals surface area contributed by atoms with Gasteiger partial charge in [0.25, 0.3) is 0 Å². The van der Waals surface area contributed by atoms with Crippen LogP contribution in [-0.4, -0.2) is 34.5 Å². The van der Waals surface area contributed by atoms with E-state index >= 15 is 0 Å². The molecule has 0 saturated carbocycles. The quantitative estimate of drug-likeness (QED) is 0.446. The fraction of sp³-hybridized carbons (Fsp3) is 0.273. The number of aromatic nitrogens is 1. The Morgan fingerprint density at radius 3 is 2.76 bits per heavy atom. The van der Waals surface area contributed by atoms with Crippen molar-refractivity contribution >= 4 is 29.2 Å². The van der Waals surface area contributed by atoms with E-state index in [0.29, 0.717) is 0 Å². The number of imide groups is 1. The van der Waals surface area contributed by atoms with Gasteiger partial charge >= 0.3 is 0 Å². The van der Waals surface area contributed by atoms with Gasteiger partial charge in [-0.3, -0.25) is 24.3 Å². The summed E-state index contributed by atoms with van der Waals surface area (Å²) >= 11 is 5.82. The van der Waals surface area contributed by atoms with Crippen molar-refractivity contribution in [3.8, 4) is 0 Å². The molecule has 2 rings (SSSR count). The summed E-state index contributed by atoms with van der Waals surface area (Å²) in [6, 6.07) is 1.45. The summed E-state index contributed by atoms with van der Waals surface area (Å²) in [5.74, 6) is -2.21. The highest BCUT2D eigenvalue weighted by Crippen LogP contribution is 2.25. The van der Waals surface area contributed by atoms with Crippen molar-refractivity contribution in [3.63, 3.8) is 0 Å². The fourth-order valence-electron chi connectivity index (χ4n) is 1.72. The Bertz CT molecular complexity index is 515. The molecule has 1 fully saturated rings. The molecule has 1 aromatic rings. The number of carbonyl (C=O) groups is 3. The molecular formula is C11H9ClN2O3. The number of amides is 2. The van der Waals surface area contributed by atoms with Crippen LogP contribution < -0.4 is 0 Å². The average Bonchev–Trinajstić information content (AvgIpc) is 2.57. The molecule has 5 nitrogen and oxygen atoms in total. The van der Waals surface area contributed by atoms with Crippen LogP contribution in [0.5, 0.6) is 0 Å². The molecule has 1 saturated heterocycles. The predicted octanol–water partition coefficient (Wildman–Crippen LogP) is 0.923. The topological polar surface area (TPSA) is 67.3 Å². The van der Waals surface area contributed by atoms with Crippen LogP contribution in [0, 0.1) is 5.92 Å². The van der Waals surface area contributed by atoms with Crippen LogP contribution in [0.3, 0.4) is 0 Å². The van der Waals surface area contributed by atoms with Gasteiger partial charge < -0.3 is 0 Å². The van der Waals surface area contributed by atoms with Crippen molar-refractivity contribution in [2.45, 2.75) is 6.42 Å². The van der Waals surface area contributed by atoms with Gasteiger partial charge in [-0.05, 0) is 6.07 Å². The first kappa shape index (κ1) is 11.7. The van der Waals surface area contributed by atoms with Crippen molar-refractivity contribution in [2.75, 3.05) is 7.05 Å². The van der Waals surface area contributed by atoms with E-state index in [1.54, 1.807) is 0 Å². The minimum Gasteiger partial charge on any atom is -0.293 e. The molecule has 1 atom stereocenters. The van der Waals surface area contributed by atoms with E-state index < -0.39 is 17.6 Å². The zero-order valence-electron chi connectivity index (χ0n) is 9.01. The first-order valence-electron chi connectivity index (χ1n) is 4.96. The van der Waals surface area contributed by atoms with Gasteiger partial charge in [-0.15, -0.1) is 0 Å². The molecule has 1 aromatic heterocycles. The lowest BCUT2D eigenvalue weighted by Crippen LogP contribution is -2.28. The molecule has 0 bridgehead atoms. The van der Waals surface area contributed by atoms with Gasteiger partial charge in [-0.25, -0.2) is 0 Å². The minimum absolute atomic E-state index is 0.0905. The fourth-order valence-corrected chi connectivity index (χ4v) is 1.94. The van der Waals surface area contributed by atoms with Crippen molar-refractivity contribution in [1.82, 2.24) is 9.88 Å². The highest BCUT2D eigenvalue weighted by atomic mass is 35.5. The second kappa shape index (κ2) is 4.25. The first-order valence-corrected chi connectivity index (χ1v) is 5.34. The molecule has 2 heterocycles. The van der Waals surface area contributed by atoms with Gasteiger partial charge in [0.05, 0.1) is 5.02 Å². The molecule has 0 N–H and O–H groups in total. The number of ketones is 1. The Morgan fingerprint density at radius 2 is 2.24 bits per heavy atom. The SMILES string of the molecule is CN1C(=O)CC(C(=O)c2ccncc2Cl)C1=O. The van der Waals surface area contributed by atoms with E-state index in [0.717, 1.165) is 4.90 Å². The molecule has 1 aliphatic rings. The number of likely N-dealkylation sites (tertiary alicyclic amines) is 1. The van der Waals surface area contributed by atoms with Gasteiger partial charge in [-0.2, -0.15) is 0 Å². The number of pyridine rings is 1. The van der Waals surface area contributed by atoms with Crippen LogP contribution in [0.4, 0.5) is 0 Å². The lowest BCUT2D eigenvalue weighted by molar-refractivity contribution is -0.137. The molecule has 0 spiro atoms. The monoisotopic (exact) mass is 252 g/mol. The summed E-state index contributed by atoms with van der Waals surface area (Å²) in [7, 11) is 1.37. The molecule has 0 aliphatic carbocycles. The lowest BCUT2D eigenvalue weighted by atomic mass is 9.97. The lowest BCUT2D eigenvalue weighted by Gasteiger charge is -2.08. The molecule has 6 heteroatoms. The van der Waals surface area contributed by atoms with Crippen molar-refractivity contribution in [1.29, 1.82) is 0 Å². The van der Waals surface area contributed by atoms with Gasteiger partial charge in [0, 0.05) is 31.4 Å². The van der Waals surface area contributed by atoms with E-state index in [4.69, 9.17) is 11.6 Å². The second-order valence-electron chi connectivity index (χ2n) is 3.77. The average molecular weight is 253 g/mol. The number of rotatable bonds is 2. The molecule has 0 aromatic carbocycles. The van der Waals surface area contributed by atoms with Crippen LogP contribution in [-0.2, 0) is 9.59 Å². The van der Waals surface area contributed by atoms with Crippen LogP contribution in [0.2, 0.25) is 5.02 Å². The number of hydrogen-bond donors (Lipinski definition) is 0. The summed E-state index contributed by atoms with van der Waals surface area (Å²) in [6.07, 6.45) is 2.66. The number of hydrogen-bond acceptors (Lipinski definition) is 4. The minimum atomic E-state index is -0.951. The smallest absolute Gasteiger partial charge is 0.240 e. The maximum Gasteiger partial charge on any atom is 0.240 e. The maximum absolute atomic E-state index is 12.1. The summed E-state index contributed by atoms with van der Waals surface area (Å²) in [5, 5.41) is 0.187. The second-order valence-corrected chi connectivity index (χ2v) is 4.17. The van der Waals surface area contributed by atoms with Crippen LogP contribution in [0.1, 0.15) is 16.8 Å². The van der Waals surface area contributed by atoms with Crippen LogP contribution in [0.15, 0.2) is 18.5 Å². The van der Waals surface area contributed by atoms with E-state index in [2.05, 4.69) is 4.98 Å². The molecule has 88 valence electrons. The van der Waals surface area contributed by atoms with Crippen molar-refractivity contribution in [2.24, 2.45) is 5.92 Å². The number of nitrogens with zero attached hydrogens (tertiary/aromatic N) is 2. The first-order chi connectivity index (χ1) is 8.02. The van der Waals surface area contributed by atoms with E-state index in [-0.39, 0.29) is 22.9 Å². The Kier molecular flexibility index (Phi) is 2.93. The molecule has 2 amide bonds. The van der Waals surface area contributed by atoms with Gasteiger partial charge in [0.15, 0.2) is 5.78 Å². The standard InChI is InChI=1S/C11H9ClN2O3/c1-14-9(15)4-7(11(14)17)10(16)6-2-3-13-5-8(6)12/h2-3,5,7H,4H2,1H3. The summed E-state index contributed by atoms with van der Waals surface area (Å²) < 4.78 is 0. The Balaban J connectivity index is 2.31. The van der Waals surface area contributed by atoms with Gasteiger partial charge in [0.2, 0.25) is 11.8 Å². The largest absolute Gasteiger partial charge is 0.293 e. The van der Waals surface area contributed by atoms with E-state index in [1.807, 2.05) is 0 Å². The Labute approximate surface area is 102 Å². The van der Waals surface area contributed by atoms with Crippen LogP contribution >= 0.6 is 11.6 Å². The van der Waals surface area contributed by atoms with E-state index in [1.165, 1.54) is 25.5 Å². The number of carbonyl (C=O) groups excluding carboxylic acids is 3. The summed E-state index contributed by atoms with van der Waals surface area (Å²) in [6.45, 7) is 0. The third-order valence-electron chi connectivity index (χ3n) is 2.74. The summed E-state index contributed by atoms with van der Waals surface area (Å²) in [4.78, 5) is 39.8. The molecule has 0 radical (unpaired) electrons. The maximum atomic E-state index is 12.1. The molecular weight excluding hydrogens is 244 g/mol. The third kappa shape index (κ3) is 1.93. The zero-order chi connectivity index (χ0) is 12.6. The predicted molar refractivity (Wildman–Crippen MR) is 59.5 cm³/mol. The highest BCUT2D eigenvalue weighted by Gasteiger charge is 2.41. The molecule has 1 aliphatic heterocycles. The van der Waals surface area contributed by atoms with Crippen LogP contribution in [0.25, 0.3) is 0 Å². The van der Waals surface area contributed by atoms with E-state index in [9.17, 15) is 14.4 Å². The number of Topliss-reactive ketones (excluding diaryl/α,β-unsaturated/α-hetero) is 1. The summed E-state index contributed by atoms with van der Waals surface area (Å²) in [5.41, 5.74) is 0.225. The highest BCUT2D eigenvalue weighted by molar-refractivity contribution is 6.34. The normalized spacial score (nSPS) is 19.9. The van der Waals surface area contributed by atoms with Crippen molar-refractivity contribution < 1.29 is 14.4 Å². The third-order valence-corrected chi connectivity index (χ3v) is 3.04. The Hall–Kier alpha value is -1.75. The number of halogens is 1. The van der Waals surface area contributed by atoms with Gasteiger partial charge in [-0.1, -0.05) is 11.6 Å². The van der Waals surface area contributed by atoms with Crippen molar-refractivity contribution in [3.05, 3.63) is 29.0 Å². The molecule has 17 heavy (non-hydrogen) atoms. The molecule has 1 unspecified atom stereocenters.